The maximum Gasteiger partial charge on any atom is 0.243 e. The Bertz CT molecular complexity index is 1020. The van der Waals surface area contributed by atoms with E-state index in [4.69, 9.17) is 25.7 Å². The van der Waals surface area contributed by atoms with Crippen molar-refractivity contribution in [3.63, 3.8) is 0 Å². The van der Waals surface area contributed by atoms with Crippen LogP contribution >= 0.6 is 0 Å². The van der Waals surface area contributed by atoms with E-state index in [9.17, 15) is 19.2 Å². The quantitative estimate of drug-likeness (QED) is 0.361. The van der Waals surface area contributed by atoms with Gasteiger partial charge < -0.3 is 35.9 Å². The Balaban J connectivity index is 1.95. The van der Waals surface area contributed by atoms with Crippen molar-refractivity contribution in [3.05, 3.63) is 17.7 Å². The summed E-state index contributed by atoms with van der Waals surface area (Å²) in [4.78, 5) is 52.6. The number of carbonyl (C=O) groups is 4. The molecule has 0 spiro atoms. The first-order chi connectivity index (χ1) is 18.7. The van der Waals surface area contributed by atoms with Gasteiger partial charge in [0.1, 0.15) is 12.1 Å². The van der Waals surface area contributed by atoms with E-state index in [1.165, 1.54) is 21.3 Å². The van der Waals surface area contributed by atoms with Crippen LogP contribution in [0.5, 0.6) is 17.2 Å². The molecule has 11 nitrogen and oxygen atoms in total. The Labute approximate surface area is 229 Å². The number of nitrogens with zero attached hydrogens (tertiary/aromatic N) is 1. The van der Waals surface area contributed by atoms with Crippen LogP contribution in [0.4, 0.5) is 0 Å². The standard InChI is InChI=1S/C28H42N4O7/c1-37-21-15-18(16-22(38-2)25(21)39-3)24(17-9-5-4-6-10-17)28(36)32-14-8-7-11-20(32)27(35)31-19(26(30)34)12-13-23(29)33/h15-17,19-20,24H,4-14H2,1-3H3,(H2,29,33)(H2,30,34)(H,31,35)/t19?,20-,24?/m0/s1. The van der Waals surface area contributed by atoms with Gasteiger partial charge in [0.2, 0.25) is 29.4 Å². The van der Waals surface area contributed by atoms with E-state index in [-0.39, 0.29) is 24.7 Å². The number of rotatable bonds is 12. The van der Waals surface area contributed by atoms with Gasteiger partial charge in [-0.2, -0.15) is 0 Å². The molecule has 0 bridgehead atoms. The van der Waals surface area contributed by atoms with Crippen molar-refractivity contribution in [2.24, 2.45) is 17.4 Å². The van der Waals surface area contributed by atoms with E-state index < -0.39 is 35.7 Å². The SMILES string of the molecule is COc1cc(C(C(=O)N2CCCC[C@H]2C(=O)NC(CCC(N)=O)C(N)=O)C2CCCCC2)cc(OC)c1OC. The first-order valence-corrected chi connectivity index (χ1v) is 13.7. The molecule has 1 aromatic rings. The number of primary amides is 2. The molecule has 39 heavy (non-hydrogen) atoms. The number of amides is 4. The lowest BCUT2D eigenvalue weighted by molar-refractivity contribution is -0.145. The van der Waals surface area contributed by atoms with Crippen LogP contribution in [0.25, 0.3) is 0 Å². The van der Waals surface area contributed by atoms with E-state index in [2.05, 4.69) is 5.32 Å². The molecule has 1 aliphatic heterocycles. The van der Waals surface area contributed by atoms with E-state index in [1.54, 1.807) is 4.90 Å². The van der Waals surface area contributed by atoms with Crippen molar-refractivity contribution in [1.29, 1.82) is 0 Å². The fourth-order valence-electron chi connectivity index (χ4n) is 5.85. The van der Waals surface area contributed by atoms with Crippen LogP contribution in [-0.2, 0) is 19.2 Å². The normalized spacial score (nSPS) is 19.5. The number of hydrogen-bond donors (Lipinski definition) is 3. The molecular formula is C28H42N4O7. The number of hydrogen-bond acceptors (Lipinski definition) is 7. The lowest BCUT2D eigenvalue weighted by atomic mass is 9.75. The van der Waals surface area contributed by atoms with E-state index in [0.29, 0.717) is 30.2 Å². The fraction of sp³-hybridized carbons (Fsp3) is 0.643. The molecule has 5 N–H and O–H groups in total. The molecule has 0 aromatic heterocycles. The Morgan fingerprint density at radius 1 is 0.923 bits per heavy atom. The van der Waals surface area contributed by atoms with Crippen LogP contribution < -0.4 is 31.0 Å². The summed E-state index contributed by atoms with van der Waals surface area (Å²) < 4.78 is 16.6. The molecule has 2 fully saturated rings. The number of methoxy groups -OCH3 is 3. The van der Waals surface area contributed by atoms with Gasteiger partial charge in [-0.3, -0.25) is 19.2 Å². The Morgan fingerprint density at radius 2 is 1.54 bits per heavy atom. The highest BCUT2D eigenvalue weighted by Crippen LogP contribution is 2.45. The first-order valence-electron chi connectivity index (χ1n) is 13.7. The molecule has 1 heterocycles. The van der Waals surface area contributed by atoms with Gasteiger partial charge >= 0.3 is 0 Å². The zero-order valence-corrected chi connectivity index (χ0v) is 23.2. The van der Waals surface area contributed by atoms with Gasteiger partial charge in [0.05, 0.1) is 27.2 Å². The molecule has 2 aliphatic rings. The topological polar surface area (TPSA) is 163 Å². The number of piperidine rings is 1. The average Bonchev–Trinajstić information content (AvgIpc) is 2.94. The molecule has 216 valence electrons. The van der Waals surface area contributed by atoms with Crippen LogP contribution in [-0.4, -0.2) is 68.5 Å². The van der Waals surface area contributed by atoms with Crippen LogP contribution in [0.2, 0.25) is 0 Å². The highest BCUT2D eigenvalue weighted by Gasteiger charge is 2.40. The van der Waals surface area contributed by atoms with Crippen LogP contribution in [0.15, 0.2) is 12.1 Å². The minimum atomic E-state index is -1.05. The number of nitrogens with one attached hydrogen (secondary N) is 1. The van der Waals surface area contributed by atoms with Gasteiger partial charge in [0.15, 0.2) is 11.5 Å². The van der Waals surface area contributed by atoms with E-state index in [1.807, 2.05) is 12.1 Å². The maximum atomic E-state index is 14.4. The minimum absolute atomic E-state index is 0.00715. The number of benzene rings is 1. The number of carbonyl (C=O) groups excluding carboxylic acids is 4. The third-order valence-corrected chi connectivity index (χ3v) is 7.86. The molecule has 11 heteroatoms. The predicted octanol–water partition coefficient (Wildman–Crippen LogP) is 1.99. The summed E-state index contributed by atoms with van der Waals surface area (Å²) in [6.45, 7) is 0.424. The van der Waals surface area contributed by atoms with Gasteiger partial charge in [-0.1, -0.05) is 19.3 Å². The van der Waals surface area contributed by atoms with Crippen LogP contribution in [0.1, 0.15) is 75.7 Å². The summed E-state index contributed by atoms with van der Waals surface area (Å²) in [5.41, 5.74) is 11.4. The van der Waals surface area contributed by atoms with Crippen molar-refractivity contribution in [2.75, 3.05) is 27.9 Å². The number of likely N-dealkylation sites (tertiary alicyclic amines) is 1. The third kappa shape index (κ3) is 7.33. The van der Waals surface area contributed by atoms with Crippen molar-refractivity contribution < 1.29 is 33.4 Å². The molecule has 1 aromatic carbocycles. The Kier molecular flexibility index (Phi) is 10.8. The Hall–Kier alpha value is -3.50. The highest BCUT2D eigenvalue weighted by molar-refractivity contribution is 5.93. The second kappa shape index (κ2) is 14.0. The second-order valence-corrected chi connectivity index (χ2v) is 10.3. The van der Waals surface area contributed by atoms with Gasteiger partial charge in [0.25, 0.3) is 0 Å². The summed E-state index contributed by atoms with van der Waals surface area (Å²) >= 11 is 0. The van der Waals surface area contributed by atoms with Crippen molar-refractivity contribution in [2.45, 2.75) is 82.2 Å². The van der Waals surface area contributed by atoms with Crippen molar-refractivity contribution in [3.8, 4) is 17.2 Å². The summed E-state index contributed by atoms with van der Waals surface area (Å²) in [6, 6.07) is 1.84. The molecule has 1 saturated carbocycles. The molecule has 1 aliphatic carbocycles. The molecule has 2 unspecified atom stereocenters. The molecule has 4 amide bonds. The van der Waals surface area contributed by atoms with Crippen molar-refractivity contribution >= 4 is 23.6 Å². The molecular weight excluding hydrogens is 504 g/mol. The maximum absolute atomic E-state index is 14.4. The minimum Gasteiger partial charge on any atom is -0.493 e. The molecule has 0 radical (unpaired) electrons. The lowest BCUT2D eigenvalue weighted by Crippen LogP contribution is -2.57. The zero-order chi connectivity index (χ0) is 28.5. The number of nitrogens with two attached hydrogens (primary N) is 2. The lowest BCUT2D eigenvalue weighted by Gasteiger charge is -2.40. The summed E-state index contributed by atoms with van der Waals surface area (Å²) in [5.74, 6) is -0.974. The summed E-state index contributed by atoms with van der Waals surface area (Å²) in [7, 11) is 4.61. The van der Waals surface area contributed by atoms with Gasteiger partial charge in [0, 0.05) is 13.0 Å². The smallest absolute Gasteiger partial charge is 0.243 e. The zero-order valence-electron chi connectivity index (χ0n) is 23.2. The van der Waals surface area contributed by atoms with Crippen LogP contribution in [0, 0.1) is 5.92 Å². The second-order valence-electron chi connectivity index (χ2n) is 10.3. The van der Waals surface area contributed by atoms with Gasteiger partial charge in [-0.25, -0.2) is 0 Å². The molecule has 3 atom stereocenters. The fourth-order valence-corrected chi connectivity index (χ4v) is 5.85. The van der Waals surface area contributed by atoms with E-state index >= 15 is 0 Å². The first kappa shape index (κ1) is 30.0. The summed E-state index contributed by atoms with van der Waals surface area (Å²) in [5, 5.41) is 2.66. The van der Waals surface area contributed by atoms with Gasteiger partial charge in [-0.05, 0) is 62.1 Å². The van der Waals surface area contributed by atoms with Crippen LogP contribution in [0.3, 0.4) is 0 Å². The highest BCUT2D eigenvalue weighted by atomic mass is 16.5. The van der Waals surface area contributed by atoms with Crippen molar-refractivity contribution in [1.82, 2.24) is 10.2 Å². The summed E-state index contributed by atoms with van der Waals surface area (Å²) in [6.07, 6.45) is 6.90. The third-order valence-electron chi connectivity index (χ3n) is 7.86. The predicted molar refractivity (Wildman–Crippen MR) is 144 cm³/mol. The average molecular weight is 547 g/mol. The van der Waals surface area contributed by atoms with Gasteiger partial charge in [-0.15, -0.1) is 0 Å². The monoisotopic (exact) mass is 546 g/mol. The number of ether oxygens (including phenoxy) is 3. The van der Waals surface area contributed by atoms with E-state index in [0.717, 1.165) is 50.5 Å². The Morgan fingerprint density at radius 3 is 2.08 bits per heavy atom. The molecule has 1 saturated heterocycles. The molecule has 3 rings (SSSR count). The largest absolute Gasteiger partial charge is 0.493 e.